The summed E-state index contributed by atoms with van der Waals surface area (Å²) in [7, 11) is 0. The van der Waals surface area contributed by atoms with Gasteiger partial charge < -0.3 is 4.74 Å². The third kappa shape index (κ3) is 4.52. The molecule has 2 rings (SSSR count). The summed E-state index contributed by atoms with van der Waals surface area (Å²) >= 11 is 0. The summed E-state index contributed by atoms with van der Waals surface area (Å²) in [6, 6.07) is 5.14. The lowest BCUT2D eigenvalue weighted by molar-refractivity contribution is 0.230. The number of rotatable bonds is 6. The third-order valence-corrected chi connectivity index (χ3v) is 3.47. The van der Waals surface area contributed by atoms with Crippen molar-refractivity contribution in [3.63, 3.8) is 0 Å². The molecule has 0 aliphatic carbocycles. The molecule has 1 unspecified atom stereocenters. The Labute approximate surface area is 131 Å². The van der Waals surface area contributed by atoms with Crippen LogP contribution in [0.25, 0.3) is 11.1 Å². The molecule has 0 amide bonds. The first kappa shape index (κ1) is 16.4. The summed E-state index contributed by atoms with van der Waals surface area (Å²) in [5, 5.41) is 0. The Hall–Kier alpha value is -1.97. The highest BCUT2D eigenvalue weighted by Gasteiger charge is 2.09. The SMILES string of the molecule is Cc1cc(-c2ccnc(F)c2)cnc1OCC(C)CC(C)C. The van der Waals surface area contributed by atoms with Gasteiger partial charge in [-0.2, -0.15) is 4.39 Å². The van der Waals surface area contributed by atoms with Crippen LogP contribution in [0, 0.1) is 24.7 Å². The second kappa shape index (κ2) is 7.34. The number of aromatic nitrogens is 2. The van der Waals surface area contributed by atoms with Gasteiger partial charge in [0, 0.05) is 29.6 Å². The van der Waals surface area contributed by atoms with Crippen LogP contribution in [0.15, 0.2) is 30.6 Å². The number of ether oxygens (including phenoxy) is 1. The maximum atomic E-state index is 13.2. The van der Waals surface area contributed by atoms with E-state index >= 15 is 0 Å². The van der Waals surface area contributed by atoms with Crippen molar-refractivity contribution in [3.8, 4) is 17.0 Å². The number of halogens is 1. The van der Waals surface area contributed by atoms with Crippen molar-refractivity contribution >= 4 is 0 Å². The van der Waals surface area contributed by atoms with Crippen molar-refractivity contribution in [1.82, 2.24) is 9.97 Å². The van der Waals surface area contributed by atoms with Gasteiger partial charge in [-0.25, -0.2) is 9.97 Å². The highest BCUT2D eigenvalue weighted by Crippen LogP contribution is 2.24. The molecule has 0 aliphatic rings. The normalized spacial score (nSPS) is 12.5. The fourth-order valence-electron chi connectivity index (χ4n) is 2.55. The summed E-state index contributed by atoms with van der Waals surface area (Å²) in [4.78, 5) is 7.94. The lowest BCUT2D eigenvalue weighted by Gasteiger charge is -2.16. The first-order valence-electron chi connectivity index (χ1n) is 7.67. The second-order valence-electron chi connectivity index (χ2n) is 6.26. The molecule has 0 bridgehead atoms. The maximum absolute atomic E-state index is 13.2. The van der Waals surface area contributed by atoms with Crippen molar-refractivity contribution in [2.75, 3.05) is 6.61 Å². The molecule has 0 fully saturated rings. The Morgan fingerprint density at radius 1 is 1.14 bits per heavy atom. The largest absolute Gasteiger partial charge is 0.477 e. The fraction of sp³-hybridized carbons (Fsp3) is 0.444. The van der Waals surface area contributed by atoms with Gasteiger partial charge in [0.05, 0.1) is 6.61 Å². The van der Waals surface area contributed by atoms with E-state index in [2.05, 4.69) is 30.7 Å². The highest BCUT2D eigenvalue weighted by molar-refractivity contribution is 5.63. The van der Waals surface area contributed by atoms with Gasteiger partial charge in [0.25, 0.3) is 0 Å². The quantitative estimate of drug-likeness (QED) is 0.728. The van der Waals surface area contributed by atoms with E-state index in [-0.39, 0.29) is 0 Å². The lowest BCUT2D eigenvalue weighted by atomic mass is 10.00. The Morgan fingerprint density at radius 2 is 1.91 bits per heavy atom. The average Bonchev–Trinajstić information content (AvgIpc) is 2.45. The summed E-state index contributed by atoms with van der Waals surface area (Å²) in [6.45, 7) is 9.22. The minimum Gasteiger partial charge on any atom is -0.477 e. The van der Waals surface area contributed by atoms with Gasteiger partial charge in [-0.1, -0.05) is 20.8 Å². The molecule has 0 aliphatic heterocycles. The summed E-state index contributed by atoms with van der Waals surface area (Å²) in [5.74, 6) is 1.32. The van der Waals surface area contributed by atoms with Gasteiger partial charge in [0.1, 0.15) is 0 Å². The van der Waals surface area contributed by atoms with Gasteiger partial charge in [-0.15, -0.1) is 0 Å². The van der Waals surface area contributed by atoms with Crippen LogP contribution >= 0.6 is 0 Å². The molecule has 0 aromatic carbocycles. The molecule has 2 heterocycles. The number of hydrogen-bond donors (Lipinski definition) is 0. The van der Waals surface area contributed by atoms with Crippen LogP contribution < -0.4 is 4.74 Å². The Balaban J connectivity index is 2.07. The van der Waals surface area contributed by atoms with E-state index in [4.69, 9.17) is 4.74 Å². The number of nitrogens with zero attached hydrogens (tertiary/aromatic N) is 2. The van der Waals surface area contributed by atoms with Crippen molar-refractivity contribution < 1.29 is 9.13 Å². The molecule has 22 heavy (non-hydrogen) atoms. The van der Waals surface area contributed by atoms with Gasteiger partial charge >= 0.3 is 0 Å². The number of hydrogen-bond acceptors (Lipinski definition) is 3. The molecule has 3 nitrogen and oxygen atoms in total. The zero-order chi connectivity index (χ0) is 16.1. The molecule has 2 aromatic rings. The fourth-order valence-corrected chi connectivity index (χ4v) is 2.55. The average molecular weight is 302 g/mol. The van der Waals surface area contributed by atoms with Gasteiger partial charge in [-0.3, -0.25) is 0 Å². The smallest absolute Gasteiger partial charge is 0.216 e. The summed E-state index contributed by atoms with van der Waals surface area (Å²) < 4.78 is 19.0. The molecular weight excluding hydrogens is 279 g/mol. The van der Waals surface area contributed by atoms with Gasteiger partial charge in [0.2, 0.25) is 11.8 Å². The van der Waals surface area contributed by atoms with E-state index in [1.165, 1.54) is 12.3 Å². The molecule has 2 aromatic heterocycles. The first-order chi connectivity index (χ1) is 10.5. The van der Waals surface area contributed by atoms with Gasteiger partial charge in [-0.05, 0) is 42.9 Å². The van der Waals surface area contributed by atoms with Crippen LogP contribution in [0.2, 0.25) is 0 Å². The van der Waals surface area contributed by atoms with Crippen LogP contribution in [-0.2, 0) is 0 Å². The van der Waals surface area contributed by atoms with E-state index < -0.39 is 5.95 Å². The van der Waals surface area contributed by atoms with Crippen LogP contribution in [0.5, 0.6) is 5.88 Å². The summed E-state index contributed by atoms with van der Waals surface area (Å²) in [5.41, 5.74) is 2.58. The van der Waals surface area contributed by atoms with E-state index in [0.717, 1.165) is 23.1 Å². The predicted molar refractivity (Wildman–Crippen MR) is 86.3 cm³/mol. The number of aryl methyl sites for hydroxylation is 1. The maximum Gasteiger partial charge on any atom is 0.216 e. The van der Waals surface area contributed by atoms with E-state index in [0.29, 0.717) is 24.3 Å². The molecule has 0 radical (unpaired) electrons. The minimum atomic E-state index is -0.488. The van der Waals surface area contributed by atoms with Crippen LogP contribution in [0.1, 0.15) is 32.8 Å². The highest BCUT2D eigenvalue weighted by atomic mass is 19.1. The van der Waals surface area contributed by atoms with E-state index in [1.807, 2.05) is 13.0 Å². The predicted octanol–water partition coefficient (Wildman–Crippen LogP) is 4.65. The Kier molecular flexibility index (Phi) is 5.47. The molecule has 118 valence electrons. The van der Waals surface area contributed by atoms with Crippen molar-refractivity contribution in [2.45, 2.75) is 34.1 Å². The molecule has 0 spiro atoms. The monoisotopic (exact) mass is 302 g/mol. The molecular formula is C18H23FN2O. The first-order valence-corrected chi connectivity index (χ1v) is 7.67. The Morgan fingerprint density at radius 3 is 2.55 bits per heavy atom. The molecule has 1 atom stereocenters. The third-order valence-electron chi connectivity index (χ3n) is 3.47. The van der Waals surface area contributed by atoms with Crippen molar-refractivity contribution in [2.24, 2.45) is 11.8 Å². The second-order valence-corrected chi connectivity index (χ2v) is 6.26. The molecule has 0 N–H and O–H groups in total. The zero-order valence-electron chi connectivity index (χ0n) is 13.6. The van der Waals surface area contributed by atoms with Crippen LogP contribution in [0.3, 0.4) is 0 Å². The molecule has 0 saturated carbocycles. The Bertz CT molecular complexity index is 628. The van der Waals surface area contributed by atoms with Crippen molar-refractivity contribution in [1.29, 1.82) is 0 Å². The standard InChI is InChI=1S/C18H23FN2O/c1-12(2)7-13(3)11-22-18-14(4)8-16(10-21-18)15-5-6-20-17(19)9-15/h5-6,8-10,12-13H,7,11H2,1-4H3. The lowest BCUT2D eigenvalue weighted by Crippen LogP contribution is -2.12. The van der Waals surface area contributed by atoms with E-state index in [1.54, 1.807) is 12.3 Å². The topological polar surface area (TPSA) is 35.0 Å². The van der Waals surface area contributed by atoms with Crippen LogP contribution in [-0.4, -0.2) is 16.6 Å². The number of pyridine rings is 2. The minimum absolute atomic E-state index is 0.488. The molecule has 0 saturated heterocycles. The molecule has 4 heteroatoms. The summed E-state index contributed by atoms with van der Waals surface area (Å²) in [6.07, 6.45) is 4.30. The van der Waals surface area contributed by atoms with E-state index in [9.17, 15) is 4.39 Å². The van der Waals surface area contributed by atoms with Gasteiger partial charge in [0.15, 0.2) is 0 Å². The zero-order valence-corrected chi connectivity index (χ0v) is 13.6. The van der Waals surface area contributed by atoms with Crippen LogP contribution in [0.4, 0.5) is 4.39 Å². The van der Waals surface area contributed by atoms with Crippen molar-refractivity contribution in [3.05, 3.63) is 42.1 Å².